The normalized spacial score (nSPS) is 10.8. The van der Waals surface area contributed by atoms with Crippen LogP contribution in [0.4, 0.5) is 0 Å². The fourth-order valence-corrected chi connectivity index (χ4v) is 2.67. The number of aryl methyl sites for hydroxylation is 4. The Morgan fingerprint density at radius 3 is 2.56 bits per heavy atom. The predicted octanol–water partition coefficient (Wildman–Crippen LogP) is 4.23. The molecule has 1 N–H and O–H groups in total. The highest BCUT2D eigenvalue weighted by atomic mass is 14.7. The number of benzene rings is 1. The first-order valence-electron chi connectivity index (χ1n) is 6.98. The summed E-state index contributed by atoms with van der Waals surface area (Å²) in [4.78, 5) is 3.42. The van der Waals surface area contributed by atoms with Gasteiger partial charge in [0.05, 0.1) is 0 Å². The maximum absolute atomic E-state index is 3.42. The van der Waals surface area contributed by atoms with E-state index in [9.17, 15) is 0 Å². The lowest BCUT2D eigenvalue weighted by molar-refractivity contribution is 0.928. The molecule has 0 amide bonds. The molecule has 1 aromatic heterocycles. The molecule has 0 radical (unpaired) electrons. The van der Waals surface area contributed by atoms with Crippen molar-refractivity contribution in [1.82, 2.24) is 4.98 Å². The molecule has 0 fully saturated rings. The third kappa shape index (κ3) is 2.84. The Balaban J connectivity index is 2.08. The number of aromatic amines is 1. The Morgan fingerprint density at radius 2 is 1.89 bits per heavy atom. The highest BCUT2D eigenvalue weighted by Crippen LogP contribution is 2.18. The van der Waals surface area contributed by atoms with Crippen LogP contribution >= 0.6 is 0 Å². The van der Waals surface area contributed by atoms with Crippen molar-refractivity contribution < 1.29 is 0 Å². The number of H-pyrrole nitrogens is 1. The van der Waals surface area contributed by atoms with Crippen LogP contribution in [0, 0.1) is 6.92 Å². The molecular formula is C17H23N. The summed E-state index contributed by atoms with van der Waals surface area (Å²) in [6.07, 6.45) is 6.72. The van der Waals surface area contributed by atoms with Crippen LogP contribution in [0.15, 0.2) is 30.5 Å². The van der Waals surface area contributed by atoms with E-state index in [1.54, 1.807) is 0 Å². The number of nitrogens with one attached hydrogen (secondary N) is 1. The zero-order valence-electron chi connectivity index (χ0n) is 11.7. The van der Waals surface area contributed by atoms with Crippen molar-refractivity contribution in [2.24, 2.45) is 0 Å². The Labute approximate surface area is 110 Å². The quantitative estimate of drug-likeness (QED) is 0.806. The van der Waals surface area contributed by atoms with Crippen molar-refractivity contribution >= 4 is 0 Å². The van der Waals surface area contributed by atoms with Crippen LogP contribution in [0.1, 0.15) is 41.8 Å². The number of hydrogen-bond acceptors (Lipinski definition) is 0. The van der Waals surface area contributed by atoms with E-state index in [-0.39, 0.29) is 0 Å². The van der Waals surface area contributed by atoms with E-state index < -0.39 is 0 Å². The Bertz CT molecular complexity index is 508. The van der Waals surface area contributed by atoms with Crippen LogP contribution in [0.2, 0.25) is 0 Å². The molecule has 18 heavy (non-hydrogen) atoms. The van der Waals surface area contributed by atoms with Gasteiger partial charge in [0.1, 0.15) is 0 Å². The topological polar surface area (TPSA) is 15.8 Å². The molecule has 0 saturated heterocycles. The van der Waals surface area contributed by atoms with Crippen LogP contribution in [-0.4, -0.2) is 4.98 Å². The van der Waals surface area contributed by atoms with E-state index >= 15 is 0 Å². The summed E-state index contributed by atoms with van der Waals surface area (Å²) in [6, 6.07) is 8.83. The minimum atomic E-state index is 1.10. The molecule has 0 spiro atoms. The van der Waals surface area contributed by atoms with Crippen LogP contribution < -0.4 is 0 Å². The second-order valence-corrected chi connectivity index (χ2v) is 4.97. The summed E-state index contributed by atoms with van der Waals surface area (Å²) >= 11 is 0. The van der Waals surface area contributed by atoms with Crippen LogP contribution in [0.3, 0.4) is 0 Å². The van der Waals surface area contributed by atoms with Gasteiger partial charge in [-0.1, -0.05) is 43.7 Å². The third-order valence-corrected chi connectivity index (χ3v) is 3.65. The summed E-state index contributed by atoms with van der Waals surface area (Å²) in [5.41, 5.74) is 7.24. The van der Waals surface area contributed by atoms with Gasteiger partial charge in [-0.15, -0.1) is 0 Å². The van der Waals surface area contributed by atoms with E-state index in [0.717, 1.165) is 25.7 Å². The second-order valence-electron chi connectivity index (χ2n) is 4.97. The molecule has 2 rings (SSSR count). The van der Waals surface area contributed by atoms with E-state index in [2.05, 4.69) is 56.2 Å². The van der Waals surface area contributed by atoms with Gasteiger partial charge in [0, 0.05) is 11.9 Å². The highest BCUT2D eigenvalue weighted by Gasteiger charge is 2.08. The number of rotatable bonds is 5. The monoisotopic (exact) mass is 241 g/mol. The lowest BCUT2D eigenvalue weighted by Crippen LogP contribution is -1.95. The summed E-state index contributed by atoms with van der Waals surface area (Å²) in [5, 5.41) is 0. The Kier molecular flexibility index (Phi) is 4.24. The first-order valence-corrected chi connectivity index (χ1v) is 6.98. The van der Waals surface area contributed by atoms with Gasteiger partial charge in [-0.05, 0) is 49.3 Å². The smallest absolute Gasteiger partial charge is 0.0179 e. The summed E-state index contributed by atoms with van der Waals surface area (Å²) in [6.45, 7) is 6.63. The van der Waals surface area contributed by atoms with Gasteiger partial charge in [0.2, 0.25) is 0 Å². The largest absolute Gasteiger partial charge is 0.364 e. The van der Waals surface area contributed by atoms with Crippen LogP contribution in [-0.2, 0) is 25.7 Å². The second kappa shape index (κ2) is 5.90. The molecule has 0 aliphatic rings. The number of hydrogen-bond donors (Lipinski definition) is 1. The molecule has 1 nitrogen and oxygen atoms in total. The molecule has 0 aliphatic heterocycles. The molecule has 2 aromatic rings. The molecule has 0 saturated carbocycles. The van der Waals surface area contributed by atoms with Crippen molar-refractivity contribution in [3.8, 4) is 0 Å². The molecule has 1 heterocycles. The fraction of sp³-hybridized carbons (Fsp3) is 0.412. The average molecular weight is 241 g/mol. The molecule has 0 bridgehead atoms. The van der Waals surface area contributed by atoms with Crippen molar-refractivity contribution in [3.63, 3.8) is 0 Å². The summed E-state index contributed by atoms with van der Waals surface area (Å²) < 4.78 is 0. The van der Waals surface area contributed by atoms with Crippen molar-refractivity contribution in [1.29, 1.82) is 0 Å². The standard InChI is InChI=1S/C17H23N/c1-4-16-15(12-18-17(16)5-2)10-9-14-8-6-7-13(3)11-14/h6-8,11-12,18H,4-5,9-10H2,1-3H3. The number of aromatic nitrogens is 1. The van der Waals surface area contributed by atoms with Gasteiger partial charge in [-0.3, -0.25) is 0 Å². The van der Waals surface area contributed by atoms with Gasteiger partial charge >= 0.3 is 0 Å². The minimum absolute atomic E-state index is 1.10. The Morgan fingerprint density at radius 1 is 1.06 bits per heavy atom. The lowest BCUT2D eigenvalue weighted by atomic mass is 9.99. The molecule has 1 heteroatoms. The summed E-state index contributed by atoms with van der Waals surface area (Å²) in [7, 11) is 0. The van der Waals surface area contributed by atoms with E-state index in [0.29, 0.717) is 0 Å². The first kappa shape index (κ1) is 12.9. The highest BCUT2D eigenvalue weighted by molar-refractivity contribution is 5.32. The van der Waals surface area contributed by atoms with Crippen molar-refractivity contribution in [3.05, 3.63) is 58.4 Å². The van der Waals surface area contributed by atoms with Gasteiger partial charge in [-0.2, -0.15) is 0 Å². The maximum atomic E-state index is 3.42. The lowest BCUT2D eigenvalue weighted by Gasteiger charge is -2.05. The minimum Gasteiger partial charge on any atom is -0.364 e. The molecule has 0 unspecified atom stereocenters. The van der Waals surface area contributed by atoms with Crippen LogP contribution in [0.25, 0.3) is 0 Å². The molecule has 0 aliphatic carbocycles. The third-order valence-electron chi connectivity index (χ3n) is 3.65. The first-order chi connectivity index (χ1) is 8.74. The zero-order valence-corrected chi connectivity index (χ0v) is 11.7. The molecular weight excluding hydrogens is 218 g/mol. The van der Waals surface area contributed by atoms with Crippen molar-refractivity contribution in [2.45, 2.75) is 46.5 Å². The maximum Gasteiger partial charge on any atom is 0.0179 e. The van der Waals surface area contributed by atoms with Crippen molar-refractivity contribution in [2.75, 3.05) is 0 Å². The zero-order chi connectivity index (χ0) is 13.0. The fourth-order valence-electron chi connectivity index (χ4n) is 2.67. The van der Waals surface area contributed by atoms with Gasteiger partial charge in [0.15, 0.2) is 0 Å². The SMILES string of the molecule is CCc1[nH]cc(CCc2cccc(C)c2)c1CC. The van der Waals surface area contributed by atoms with E-state index in [1.165, 1.54) is 27.9 Å². The van der Waals surface area contributed by atoms with Gasteiger partial charge < -0.3 is 4.98 Å². The molecule has 96 valence electrons. The predicted molar refractivity (Wildman–Crippen MR) is 78.1 cm³/mol. The molecule has 1 aromatic carbocycles. The molecule has 0 atom stereocenters. The van der Waals surface area contributed by atoms with E-state index in [1.807, 2.05) is 0 Å². The van der Waals surface area contributed by atoms with Gasteiger partial charge in [0.25, 0.3) is 0 Å². The Hall–Kier alpha value is -1.50. The van der Waals surface area contributed by atoms with Gasteiger partial charge in [-0.25, -0.2) is 0 Å². The summed E-state index contributed by atoms with van der Waals surface area (Å²) in [5.74, 6) is 0. The van der Waals surface area contributed by atoms with Crippen LogP contribution in [0.5, 0.6) is 0 Å². The average Bonchev–Trinajstić information content (AvgIpc) is 2.78. The van der Waals surface area contributed by atoms with E-state index in [4.69, 9.17) is 0 Å².